The van der Waals surface area contributed by atoms with Crippen molar-refractivity contribution in [2.45, 2.75) is 0 Å². The molecule has 0 radical (unpaired) electrons. The predicted octanol–water partition coefficient (Wildman–Crippen LogP) is 3.26. The van der Waals surface area contributed by atoms with Gasteiger partial charge in [0.05, 0.1) is 0 Å². The van der Waals surface area contributed by atoms with Gasteiger partial charge in [0.25, 0.3) is 0 Å². The second kappa shape index (κ2) is 3.61. The SMILES string of the molecule is O=c1cc(-c2cc[nH]c2)sc2ccccc12. The van der Waals surface area contributed by atoms with Crippen LogP contribution in [0.5, 0.6) is 0 Å². The highest BCUT2D eigenvalue weighted by Crippen LogP contribution is 2.27. The lowest BCUT2D eigenvalue weighted by atomic mass is 10.2. The van der Waals surface area contributed by atoms with E-state index in [1.165, 1.54) is 0 Å². The summed E-state index contributed by atoms with van der Waals surface area (Å²) in [7, 11) is 0. The van der Waals surface area contributed by atoms with Gasteiger partial charge in [-0.15, -0.1) is 11.3 Å². The van der Waals surface area contributed by atoms with Gasteiger partial charge in [-0.3, -0.25) is 4.79 Å². The topological polar surface area (TPSA) is 32.9 Å². The van der Waals surface area contributed by atoms with Crippen LogP contribution >= 0.6 is 11.3 Å². The first-order chi connectivity index (χ1) is 7.84. The molecule has 0 aliphatic heterocycles. The molecule has 0 aliphatic carbocycles. The van der Waals surface area contributed by atoms with Crippen LogP contribution in [0.15, 0.2) is 53.6 Å². The first-order valence-electron chi connectivity index (χ1n) is 5.01. The van der Waals surface area contributed by atoms with Crippen molar-refractivity contribution in [2.24, 2.45) is 0 Å². The van der Waals surface area contributed by atoms with Crippen LogP contribution in [0, 0.1) is 0 Å². The fourth-order valence-corrected chi connectivity index (χ4v) is 2.80. The molecule has 78 valence electrons. The van der Waals surface area contributed by atoms with E-state index in [1.807, 2.05) is 42.7 Å². The third-order valence-electron chi connectivity index (χ3n) is 2.52. The van der Waals surface area contributed by atoms with E-state index in [9.17, 15) is 4.79 Å². The molecule has 16 heavy (non-hydrogen) atoms. The molecule has 0 fully saturated rings. The fourth-order valence-electron chi connectivity index (χ4n) is 1.72. The molecule has 1 N–H and O–H groups in total. The van der Waals surface area contributed by atoms with E-state index in [0.717, 1.165) is 20.5 Å². The molecule has 2 nitrogen and oxygen atoms in total. The van der Waals surface area contributed by atoms with E-state index in [2.05, 4.69) is 4.98 Å². The van der Waals surface area contributed by atoms with Crippen molar-refractivity contribution >= 4 is 21.4 Å². The molecule has 3 heteroatoms. The number of H-pyrrole nitrogens is 1. The van der Waals surface area contributed by atoms with Crippen LogP contribution in [0.2, 0.25) is 0 Å². The van der Waals surface area contributed by atoms with Crippen LogP contribution in [-0.4, -0.2) is 4.98 Å². The first kappa shape index (κ1) is 9.36. The van der Waals surface area contributed by atoms with Gasteiger partial charge >= 0.3 is 0 Å². The maximum atomic E-state index is 11.9. The summed E-state index contributed by atoms with van der Waals surface area (Å²) < 4.78 is 1.03. The Morgan fingerprint density at radius 2 is 2.00 bits per heavy atom. The van der Waals surface area contributed by atoms with E-state index in [0.29, 0.717) is 0 Å². The van der Waals surface area contributed by atoms with Crippen LogP contribution in [0.25, 0.3) is 20.5 Å². The van der Waals surface area contributed by atoms with E-state index in [4.69, 9.17) is 0 Å². The number of benzene rings is 1. The van der Waals surface area contributed by atoms with Gasteiger partial charge < -0.3 is 4.98 Å². The lowest BCUT2D eigenvalue weighted by Gasteiger charge is -1.99. The quantitative estimate of drug-likeness (QED) is 0.680. The van der Waals surface area contributed by atoms with Crippen molar-refractivity contribution in [2.75, 3.05) is 0 Å². The highest BCUT2D eigenvalue weighted by molar-refractivity contribution is 7.21. The normalized spacial score (nSPS) is 10.8. The highest BCUT2D eigenvalue weighted by Gasteiger charge is 2.04. The van der Waals surface area contributed by atoms with Gasteiger partial charge in [-0.2, -0.15) is 0 Å². The summed E-state index contributed by atoms with van der Waals surface area (Å²) in [5.41, 5.74) is 1.15. The molecule has 0 atom stereocenters. The van der Waals surface area contributed by atoms with Gasteiger partial charge in [-0.1, -0.05) is 12.1 Å². The maximum Gasteiger partial charge on any atom is 0.188 e. The number of hydrogen-bond acceptors (Lipinski definition) is 2. The van der Waals surface area contributed by atoms with Gasteiger partial charge in [0.15, 0.2) is 5.43 Å². The Balaban J connectivity index is 2.34. The van der Waals surface area contributed by atoms with Gasteiger partial charge in [0.1, 0.15) is 0 Å². The zero-order valence-corrected chi connectivity index (χ0v) is 9.25. The highest BCUT2D eigenvalue weighted by atomic mass is 32.1. The van der Waals surface area contributed by atoms with E-state index < -0.39 is 0 Å². The van der Waals surface area contributed by atoms with Crippen molar-refractivity contribution in [3.8, 4) is 10.4 Å². The minimum atomic E-state index is 0.0885. The summed E-state index contributed by atoms with van der Waals surface area (Å²) in [5, 5.41) is 0.798. The average molecular weight is 227 g/mol. The summed E-state index contributed by atoms with van der Waals surface area (Å²) in [4.78, 5) is 15.9. The van der Waals surface area contributed by atoms with Gasteiger partial charge in [-0.25, -0.2) is 0 Å². The van der Waals surface area contributed by atoms with Crippen molar-refractivity contribution in [1.29, 1.82) is 0 Å². The van der Waals surface area contributed by atoms with Crippen molar-refractivity contribution < 1.29 is 0 Å². The third-order valence-corrected chi connectivity index (χ3v) is 3.67. The second-order valence-corrected chi connectivity index (χ2v) is 4.65. The standard InChI is InChI=1S/C13H9NOS/c15-11-7-13(9-5-6-14-8-9)16-12-4-2-1-3-10(11)12/h1-8,14H. The summed E-state index contributed by atoms with van der Waals surface area (Å²) in [5.74, 6) is 0. The van der Waals surface area contributed by atoms with Crippen LogP contribution in [-0.2, 0) is 0 Å². The summed E-state index contributed by atoms with van der Waals surface area (Å²) >= 11 is 1.64. The molecule has 1 aromatic carbocycles. The molecule has 3 rings (SSSR count). The number of fused-ring (bicyclic) bond motifs is 1. The van der Waals surface area contributed by atoms with Crippen molar-refractivity contribution in [3.05, 3.63) is 59.0 Å². The number of rotatable bonds is 1. The van der Waals surface area contributed by atoms with E-state index >= 15 is 0 Å². The Hall–Kier alpha value is -1.87. The Labute approximate surface area is 96.2 Å². The average Bonchev–Trinajstić information content (AvgIpc) is 2.82. The number of hydrogen-bond donors (Lipinski definition) is 1. The predicted molar refractivity (Wildman–Crippen MR) is 67.9 cm³/mol. The Morgan fingerprint density at radius 1 is 1.12 bits per heavy atom. The monoisotopic (exact) mass is 227 g/mol. The van der Waals surface area contributed by atoms with Gasteiger partial charge in [0.2, 0.25) is 0 Å². The summed E-state index contributed by atoms with van der Waals surface area (Å²) in [6.07, 6.45) is 3.77. The molecule has 0 saturated carbocycles. The molecular weight excluding hydrogens is 218 g/mol. The van der Waals surface area contributed by atoms with E-state index in [1.54, 1.807) is 17.4 Å². The molecule has 3 aromatic rings. The lowest BCUT2D eigenvalue weighted by Crippen LogP contribution is -1.97. The maximum absolute atomic E-state index is 11.9. The van der Waals surface area contributed by atoms with Crippen LogP contribution in [0.1, 0.15) is 0 Å². The first-order valence-corrected chi connectivity index (χ1v) is 5.82. The fraction of sp³-hybridized carbons (Fsp3) is 0. The molecule has 0 bridgehead atoms. The number of aromatic nitrogens is 1. The zero-order valence-electron chi connectivity index (χ0n) is 8.44. The number of aromatic amines is 1. The summed E-state index contributed by atoms with van der Waals surface area (Å²) in [6.45, 7) is 0. The molecule has 0 spiro atoms. The van der Waals surface area contributed by atoms with Crippen LogP contribution in [0.4, 0.5) is 0 Å². The molecule has 0 aliphatic rings. The van der Waals surface area contributed by atoms with Gasteiger partial charge in [0, 0.05) is 39.0 Å². The lowest BCUT2D eigenvalue weighted by molar-refractivity contribution is 1.42. The van der Waals surface area contributed by atoms with Crippen molar-refractivity contribution in [3.63, 3.8) is 0 Å². The third kappa shape index (κ3) is 1.46. The smallest absolute Gasteiger partial charge is 0.188 e. The number of nitrogens with one attached hydrogen (secondary N) is 1. The molecule has 2 heterocycles. The minimum Gasteiger partial charge on any atom is -0.367 e. The zero-order chi connectivity index (χ0) is 11.0. The van der Waals surface area contributed by atoms with Crippen molar-refractivity contribution in [1.82, 2.24) is 4.98 Å². The van der Waals surface area contributed by atoms with Gasteiger partial charge in [-0.05, 0) is 18.2 Å². The molecule has 0 saturated heterocycles. The Bertz CT molecular complexity index is 682. The Morgan fingerprint density at radius 3 is 2.81 bits per heavy atom. The minimum absolute atomic E-state index is 0.0885. The summed E-state index contributed by atoms with van der Waals surface area (Å²) in [6, 6.07) is 11.4. The molecule has 0 unspecified atom stereocenters. The Kier molecular flexibility index (Phi) is 2.11. The molecular formula is C13H9NOS. The molecule has 0 amide bonds. The van der Waals surface area contributed by atoms with Crippen LogP contribution in [0.3, 0.4) is 0 Å². The second-order valence-electron chi connectivity index (χ2n) is 3.57. The largest absolute Gasteiger partial charge is 0.367 e. The molecule has 2 aromatic heterocycles. The van der Waals surface area contributed by atoms with Crippen LogP contribution < -0.4 is 5.43 Å². The van der Waals surface area contributed by atoms with E-state index in [-0.39, 0.29) is 5.43 Å².